The van der Waals surface area contributed by atoms with E-state index in [1.807, 2.05) is 0 Å². The monoisotopic (exact) mass is 282 g/mol. The molecule has 2 unspecified atom stereocenters. The van der Waals surface area contributed by atoms with Gasteiger partial charge in [-0.15, -0.1) is 0 Å². The second-order valence-corrected chi connectivity index (χ2v) is 5.43. The Morgan fingerprint density at radius 3 is 2.80 bits per heavy atom. The lowest BCUT2D eigenvalue weighted by molar-refractivity contribution is -0.385. The average molecular weight is 282 g/mol. The predicted molar refractivity (Wildman–Crippen MR) is 74.6 cm³/mol. The van der Waals surface area contributed by atoms with Crippen molar-refractivity contribution in [2.75, 3.05) is 19.0 Å². The van der Waals surface area contributed by atoms with E-state index in [2.05, 4.69) is 12.2 Å². The molecule has 1 saturated carbocycles. The third-order valence-corrected chi connectivity index (χ3v) is 3.85. The summed E-state index contributed by atoms with van der Waals surface area (Å²) in [5.74, 6) is 0.700. The Labute approximate surface area is 117 Å². The van der Waals surface area contributed by atoms with E-state index >= 15 is 0 Å². The topological polar surface area (TPSA) is 64.4 Å². The average Bonchev–Trinajstić information content (AvgIpc) is 2.82. The van der Waals surface area contributed by atoms with Gasteiger partial charge in [-0.05, 0) is 24.7 Å². The number of benzene rings is 1. The summed E-state index contributed by atoms with van der Waals surface area (Å²) in [5.41, 5.74) is -0.1000. The van der Waals surface area contributed by atoms with E-state index in [1.54, 1.807) is 0 Å². The van der Waals surface area contributed by atoms with Crippen LogP contribution in [-0.2, 0) is 0 Å². The molecule has 1 aromatic carbocycles. The van der Waals surface area contributed by atoms with Gasteiger partial charge in [-0.1, -0.05) is 13.3 Å². The molecule has 0 bridgehead atoms. The maximum Gasteiger partial charge on any atom is 0.313 e. The van der Waals surface area contributed by atoms with E-state index in [4.69, 9.17) is 4.74 Å². The number of nitrogens with zero attached hydrogens (tertiary/aromatic N) is 1. The maximum atomic E-state index is 13.9. The standard InChI is InChI=1S/C14H19FN2O3/c1-9-3-4-10(5-9)8-16-12-7-14(20-2)13(17(18)19)6-11(12)15/h6-7,9-10,16H,3-5,8H2,1-2H3. The summed E-state index contributed by atoms with van der Waals surface area (Å²) >= 11 is 0. The van der Waals surface area contributed by atoms with Gasteiger partial charge in [0.15, 0.2) is 11.6 Å². The molecule has 1 fully saturated rings. The summed E-state index contributed by atoms with van der Waals surface area (Å²) in [6.45, 7) is 2.90. The van der Waals surface area contributed by atoms with Crippen LogP contribution in [0.5, 0.6) is 5.75 Å². The third-order valence-electron chi connectivity index (χ3n) is 3.85. The molecule has 2 atom stereocenters. The highest BCUT2D eigenvalue weighted by Crippen LogP contribution is 2.34. The fraction of sp³-hybridized carbons (Fsp3) is 0.571. The first-order valence-electron chi connectivity index (χ1n) is 6.77. The van der Waals surface area contributed by atoms with Crippen LogP contribution in [0.2, 0.25) is 0 Å². The Morgan fingerprint density at radius 1 is 1.50 bits per heavy atom. The van der Waals surface area contributed by atoms with Crippen molar-refractivity contribution in [1.29, 1.82) is 0 Å². The molecular formula is C14H19FN2O3. The van der Waals surface area contributed by atoms with Crippen molar-refractivity contribution in [3.05, 3.63) is 28.1 Å². The second kappa shape index (κ2) is 6.07. The summed E-state index contributed by atoms with van der Waals surface area (Å²) in [6.07, 6.45) is 3.48. The molecular weight excluding hydrogens is 263 g/mol. The molecule has 1 N–H and O–H groups in total. The van der Waals surface area contributed by atoms with Crippen molar-refractivity contribution < 1.29 is 14.1 Å². The van der Waals surface area contributed by atoms with Crippen LogP contribution < -0.4 is 10.1 Å². The molecule has 0 radical (unpaired) electrons. The lowest BCUT2D eigenvalue weighted by Crippen LogP contribution is -2.12. The fourth-order valence-corrected chi connectivity index (χ4v) is 2.75. The molecule has 1 aliphatic rings. The summed E-state index contributed by atoms with van der Waals surface area (Å²) in [7, 11) is 1.34. The van der Waals surface area contributed by atoms with E-state index in [0.717, 1.165) is 24.8 Å². The molecule has 0 aromatic heterocycles. The largest absolute Gasteiger partial charge is 0.490 e. The highest BCUT2D eigenvalue weighted by molar-refractivity contribution is 5.59. The highest BCUT2D eigenvalue weighted by Gasteiger charge is 2.23. The fourth-order valence-electron chi connectivity index (χ4n) is 2.75. The van der Waals surface area contributed by atoms with Gasteiger partial charge in [-0.25, -0.2) is 4.39 Å². The van der Waals surface area contributed by atoms with Gasteiger partial charge in [0.1, 0.15) is 0 Å². The zero-order valence-corrected chi connectivity index (χ0v) is 11.7. The molecule has 0 amide bonds. The van der Waals surface area contributed by atoms with Crippen molar-refractivity contribution in [3.8, 4) is 5.75 Å². The molecule has 0 aliphatic heterocycles. The zero-order chi connectivity index (χ0) is 14.7. The number of nitro benzene ring substituents is 1. The summed E-state index contributed by atoms with van der Waals surface area (Å²) in [5, 5.41) is 13.8. The molecule has 1 aliphatic carbocycles. The van der Waals surface area contributed by atoms with Crippen molar-refractivity contribution in [1.82, 2.24) is 0 Å². The van der Waals surface area contributed by atoms with E-state index in [0.29, 0.717) is 12.5 Å². The third kappa shape index (κ3) is 3.18. The van der Waals surface area contributed by atoms with E-state index in [1.165, 1.54) is 19.6 Å². The van der Waals surface area contributed by atoms with Crippen LogP contribution in [-0.4, -0.2) is 18.6 Å². The predicted octanol–water partition coefficient (Wildman–Crippen LogP) is 3.59. The molecule has 0 saturated heterocycles. The van der Waals surface area contributed by atoms with Crippen molar-refractivity contribution in [2.45, 2.75) is 26.2 Å². The minimum atomic E-state index is -0.648. The maximum absolute atomic E-state index is 13.9. The van der Waals surface area contributed by atoms with Gasteiger partial charge in [0.25, 0.3) is 0 Å². The van der Waals surface area contributed by atoms with Crippen LogP contribution in [0, 0.1) is 27.8 Å². The van der Waals surface area contributed by atoms with Gasteiger partial charge in [-0.3, -0.25) is 10.1 Å². The van der Waals surface area contributed by atoms with E-state index in [-0.39, 0.29) is 17.1 Å². The number of nitro groups is 1. The summed E-state index contributed by atoms with van der Waals surface area (Å²) in [4.78, 5) is 10.1. The highest BCUT2D eigenvalue weighted by atomic mass is 19.1. The SMILES string of the molecule is COc1cc(NCC2CCC(C)C2)c(F)cc1[N+](=O)[O-]. The molecule has 20 heavy (non-hydrogen) atoms. The van der Waals surface area contributed by atoms with Gasteiger partial charge in [0.05, 0.1) is 23.8 Å². The van der Waals surface area contributed by atoms with Crippen LogP contribution in [0.1, 0.15) is 26.2 Å². The second-order valence-electron chi connectivity index (χ2n) is 5.43. The molecule has 2 rings (SSSR count). The van der Waals surface area contributed by atoms with Gasteiger partial charge >= 0.3 is 5.69 Å². The molecule has 110 valence electrons. The minimum Gasteiger partial charge on any atom is -0.490 e. The lowest BCUT2D eigenvalue weighted by Gasteiger charge is -2.13. The van der Waals surface area contributed by atoms with Gasteiger partial charge < -0.3 is 10.1 Å². The van der Waals surface area contributed by atoms with Crippen molar-refractivity contribution in [2.24, 2.45) is 11.8 Å². The van der Waals surface area contributed by atoms with Crippen molar-refractivity contribution in [3.63, 3.8) is 0 Å². The number of rotatable bonds is 5. The van der Waals surface area contributed by atoms with Crippen LogP contribution >= 0.6 is 0 Å². The Balaban J connectivity index is 2.09. The Morgan fingerprint density at radius 2 is 2.25 bits per heavy atom. The van der Waals surface area contributed by atoms with Crippen molar-refractivity contribution >= 4 is 11.4 Å². The smallest absolute Gasteiger partial charge is 0.313 e. The molecule has 1 aromatic rings. The summed E-state index contributed by atoms with van der Waals surface area (Å²) in [6, 6.07) is 2.25. The normalized spacial score (nSPS) is 21.8. The van der Waals surface area contributed by atoms with Crippen LogP contribution in [0.3, 0.4) is 0 Å². The van der Waals surface area contributed by atoms with Gasteiger partial charge in [0.2, 0.25) is 0 Å². The zero-order valence-electron chi connectivity index (χ0n) is 11.7. The van der Waals surface area contributed by atoms with E-state index in [9.17, 15) is 14.5 Å². The summed E-state index contributed by atoms with van der Waals surface area (Å²) < 4.78 is 18.8. The first kappa shape index (κ1) is 14.6. The molecule has 6 heteroatoms. The number of ether oxygens (including phenoxy) is 1. The molecule has 0 heterocycles. The molecule has 0 spiro atoms. The number of methoxy groups -OCH3 is 1. The number of anilines is 1. The van der Waals surface area contributed by atoms with Crippen LogP contribution in [0.15, 0.2) is 12.1 Å². The minimum absolute atomic E-state index is 0.0682. The number of halogens is 1. The van der Waals surface area contributed by atoms with Gasteiger partial charge in [-0.2, -0.15) is 0 Å². The van der Waals surface area contributed by atoms with Crippen LogP contribution in [0.25, 0.3) is 0 Å². The quantitative estimate of drug-likeness (QED) is 0.662. The number of hydrogen-bond acceptors (Lipinski definition) is 4. The van der Waals surface area contributed by atoms with Crippen LogP contribution in [0.4, 0.5) is 15.8 Å². The van der Waals surface area contributed by atoms with E-state index < -0.39 is 10.7 Å². The number of nitrogens with one attached hydrogen (secondary N) is 1. The Bertz CT molecular complexity index is 507. The Kier molecular flexibility index (Phi) is 4.42. The molecule has 5 nitrogen and oxygen atoms in total. The van der Waals surface area contributed by atoms with Gasteiger partial charge in [0, 0.05) is 12.6 Å². The first-order chi connectivity index (χ1) is 9.51. The number of hydrogen-bond donors (Lipinski definition) is 1. The Hall–Kier alpha value is -1.85. The first-order valence-corrected chi connectivity index (χ1v) is 6.77. The lowest BCUT2D eigenvalue weighted by atomic mass is 10.1.